The summed E-state index contributed by atoms with van der Waals surface area (Å²) in [5.74, 6) is 0.397. The Hall–Kier alpha value is -0.810. The van der Waals surface area contributed by atoms with Gasteiger partial charge in [0.25, 0.3) is 0 Å². The van der Waals surface area contributed by atoms with Crippen molar-refractivity contribution in [2.24, 2.45) is 11.3 Å². The molecule has 0 bridgehead atoms. The fourth-order valence-electron chi connectivity index (χ4n) is 3.62. The Morgan fingerprint density at radius 3 is 2.59 bits per heavy atom. The Bertz CT molecular complexity index is 361. The van der Waals surface area contributed by atoms with Gasteiger partial charge in [-0.2, -0.15) is 0 Å². The lowest BCUT2D eigenvalue weighted by Crippen LogP contribution is -2.49. The van der Waals surface area contributed by atoms with Crippen molar-refractivity contribution in [3.8, 4) is 0 Å². The average Bonchev–Trinajstić information content (AvgIpc) is 3.12. The van der Waals surface area contributed by atoms with Gasteiger partial charge < -0.3 is 20.1 Å². The van der Waals surface area contributed by atoms with Gasteiger partial charge >= 0.3 is 6.03 Å². The second-order valence-corrected chi connectivity index (χ2v) is 7.63. The van der Waals surface area contributed by atoms with Crippen LogP contribution in [0.15, 0.2) is 0 Å². The molecule has 22 heavy (non-hydrogen) atoms. The largest absolute Gasteiger partial charge is 0.377 e. The summed E-state index contributed by atoms with van der Waals surface area (Å²) in [6, 6.07) is 0.0302. The quantitative estimate of drug-likeness (QED) is 0.820. The Balaban J connectivity index is 1.77. The van der Waals surface area contributed by atoms with Gasteiger partial charge in [0.1, 0.15) is 0 Å². The van der Waals surface area contributed by atoms with E-state index in [0.29, 0.717) is 12.5 Å². The minimum Gasteiger partial charge on any atom is -0.377 e. The molecule has 2 aliphatic heterocycles. The van der Waals surface area contributed by atoms with Gasteiger partial charge in [0.05, 0.1) is 18.2 Å². The highest BCUT2D eigenvalue weighted by Crippen LogP contribution is 2.34. The summed E-state index contributed by atoms with van der Waals surface area (Å²) in [5.41, 5.74) is 0.114. The van der Waals surface area contributed by atoms with Gasteiger partial charge in [-0.1, -0.05) is 27.7 Å². The van der Waals surface area contributed by atoms with E-state index in [-0.39, 0.29) is 29.7 Å². The first-order valence-corrected chi connectivity index (χ1v) is 8.69. The van der Waals surface area contributed by atoms with E-state index < -0.39 is 0 Å². The second-order valence-electron chi connectivity index (χ2n) is 7.63. The van der Waals surface area contributed by atoms with Crippen molar-refractivity contribution >= 4 is 6.03 Å². The normalized spacial score (nSPS) is 30.3. The second kappa shape index (κ2) is 7.64. The minimum atomic E-state index is -0.0816. The van der Waals surface area contributed by atoms with Crippen LogP contribution in [0.1, 0.15) is 53.4 Å². The molecule has 0 spiro atoms. The van der Waals surface area contributed by atoms with Crippen molar-refractivity contribution in [3.63, 3.8) is 0 Å². The summed E-state index contributed by atoms with van der Waals surface area (Å²) in [5, 5.41) is 6.10. The summed E-state index contributed by atoms with van der Waals surface area (Å²) in [6.45, 7) is 11.0. The lowest BCUT2D eigenvalue weighted by Gasteiger charge is -2.31. The molecule has 0 unspecified atom stereocenters. The van der Waals surface area contributed by atoms with E-state index in [1.807, 2.05) is 0 Å². The molecule has 0 aromatic carbocycles. The number of carbonyl (C=O) groups excluding carboxylic acids is 1. The van der Waals surface area contributed by atoms with E-state index >= 15 is 0 Å². The molecule has 5 heteroatoms. The molecule has 2 heterocycles. The van der Waals surface area contributed by atoms with Crippen LogP contribution in [0.2, 0.25) is 0 Å². The van der Waals surface area contributed by atoms with Crippen molar-refractivity contribution in [2.45, 2.75) is 71.6 Å². The third-order valence-corrected chi connectivity index (χ3v) is 4.76. The monoisotopic (exact) mass is 312 g/mol. The molecule has 2 rings (SSSR count). The third-order valence-electron chi connectivity index (χ3n) is 4.76. The summed E-state index contributed by atoms with van der Waals surface area (Å²) < 4.78 is 11.5. The minimum absolute atomic E-state index is 0.0816. The Labute approximate surface area is 134 Å². The van der Waals surface area contributed by atoms with Crippen LogP contribution in [0.5, 0.6) is 0 Å². The Morgan fingerprint density at radius 2 is 2.00 bits per heavy atom. The summed E-state index contributed by atoms with van der Waals surface area (Å²) in [7, 11) is 0. The zero-order valence-electron chi connectivity index (χ0n) is 14.5. The molecule has 0 radical (unpaired) electrons. The van der Waals surface area contributed by atoms with Gasteiger partial charge in [0, 0.05) is 25.7 Å². The van der Waals surface area contributed by atoms with Crippen molar-refractivity contribution < 1.29 is 14.3 Å². The highest BCUT2D eigenvalue weighted by atomic mass is 16.5. The van der Waals surface area contributed by atoms with E-state index in [9.17, 15) is 4.79 Å². The maximum absolute atomic E-state index is 12.2. The van der Waals surface area contributed by atoms with Crippen LogP contribution in [0.4, 0.5) is 4.79 Å². The van der Waals surface area contributed by atoms with Crippen LogP contribution in [-0.4, -0.2) is 44.0 Å². The van der Waals surface area contributed by atoms with Gasteiger partial charge in [-0.15, -0.1) is 0 Å². The van der Waals surface area contributed by atoms with Crippen LogP contribution in [-0.2, 0) is 9.47 Å². The van der Waals surface area contributed by atoms with E-state index in [4.69, 9.17) is 9.47 Å². The fourth-order valence-corrected chi connectivity index (χ4v) is 3.62. The number of carbonyl (C=O) groups is 1. The molecular formula is C17H32N2O3. The zero-order chi connectivity index (χ0) is 16.2. The Kier molecular flexibility index (Phi) is 6.09. The number of hydrogen-bond acceptors (Lipinski definition) is 3. The van der Waals surface area contributed by atoms with Crippen LogP contribution in [0.25, 0.3) is 0 Å². The summed E-state index contributed by atoms with van der Waals surface area (Å²) in [4.78, 5) is 12.2. The highest BCUT2D eigenvalue weighted by molar-refractivity contribution is 5.74. The maximum atomic E-state index is 12.2. The van der Waals surface area contributed by atoms with Gasteiger partial charge in [-0.25, -0.2) is 4.79 Å². The van der Waals surface area contributed by atoms with Crippen LogP contribution >= 0.6 is 0 Å². The summed E-state index contributed by atoms with van der Waals surface area (Å²) >= 11 is 0. The summed E-state index contributed by atoms with van der Waals surface area (Å²) in [6.07, 6.45) is 4.44. The molecule has 2 fully saturated rings. The molecule has 2 amide bonds. The van der Waals surface area contributed by atoms with Crippen molar-refractivity contribution in [1.82, 2.24) is 10.6 Å². The molecule has 5 nitrogen and oxygen atoms in total. The topological polar surface area (TPSA) is 59.6 Å². The molecule has 2 N–H and O–H groups in total. The number of ether oxygens (including phenoxy) is 2. The van der Waals surface area contributed by atoms with Gasteiger partial charge in [-0.05, 0) is 31.1 Å². The predicted octanol–water partition coefficient (Wildman–Crippen LogP) is 2.69. The van der Waals surface area contributed by atoms with Crippen molar-refractivity contribution in [2.75, 3.05) is 19.8 Å². The van der Waals surface area contributed by atoms with Gasteiger partial charge in [0.2, 0.25) is 0 Å². The number of urea groups is 1. The number of amides is 2. The first-order chi connectivity index (χ1) is 10.4. The van der Waals surface area contributed by atoms with E-state index in [1.165, 1.54) is 0 Å². The fraction of sp³-hybridized carbons (Fsp3) is 0.941. The first kappa shape index (κ1) is 17.5. The van der Waals surface area contributed by atoms with Gasteiger partial charge in [0.15, 0.2) is 0 Å². The van der Waals surface area contributed by atoms with E-state index in [0.717, 1.165) is 38.9 Å². The molecule has 4 atom stereocenters. The lowest BCUT2D eigenvalue weighted by atomic mass is 9.81. The number of rotatable bonds is 5. The average molecular weight is 312 g/mol. The third kappa shape index (κ3) is 4.59. The predicted molar refractivity (Wildman–Crippen MR) is 86.9 cm³/mol. The molecule has 0 saturated carbocycles. The molecular weight excluding hydrogens is 280 g/mol. The lowest BCUT2D eigenvalue weighted by molar-refractivity contribution is 0.00768. The van der Waals surface area contributed by atoms with Crippen LogP contribution < -0.4 is 10.6 Å². The molecule has 0 aromatic heterocycles. The van der Waals surface area contributed by atoms with Crippen molar-refractivity contribution in [3.05, 3.63) is 0 Å². The SMILES string of the molecule is CC[C@@H](NC(=O)NC[C@H]1CCO[C@@H]1C(C)(C)C)[C@@H]1CCCO1. The number of nitrogens with one attached hydrogen (secondary N) is 2. The maximum Gasteiger partial charge on any atom is 0.315 e. The van der Waals surface area contributed by atoms with E-state index in [1.54, 1.807) is 0 Å². The zero-order valence-corrected chi connectivity index (χ0v) is 14.5. The number of hydrogen-bond donors (Lipinski definition) is 2. The van der Waals surface area contributed by atoms with E-state index in [2.05, 4.69) is 38.3 Å². The standard InChI is InChI=1S/C17H32N2O3/c1-5-13(14-7-6-9-21-14)19-16(20)18-11-12-8-10-22-15(12)17(2,3)4/h12-15H,5-11H2,1-4H3,(H2,18,19,20)/t12-,13-,14+,15+/m1/s1. The van der Waals surface area contributed by atoms with Crippen LogP contribution in [0.3, 0.4) is 0 Å². The van der Waals surface area contributed by atoms with Crippen LogP contribution in [0, 0.1) is 11.3 Å². The molecule has 2 aliphatic rings. The molecule has 2 saturated heterocycles. The Morgan fingerprint density at radius 1 is 1.23 bits per heavy atom. The molecule has 0 aromatic rings. The first-order valence-electron chi connectivity index (χ1n) is 8.69. The van der Waals surface area contributed by atoms with Crippen molar-refractivity contribution in [1.29, 1.82) is 0 Å². The molecule has 128 valence electrons. The molecule has 0 aliphatic carbocycles. The highest BCUT2D eigenvalue weighted by Gasteiger charge is 2.37. The van der Waals surface area contributed by atoms with Gasteiger partial charge in [-0.3, -0.25) is 0 Å². The smallest absolute Gasteiger partial charge is 0.315 e.